The highest BCUT2D eigenvalue weighted by Crippen LogP contribution is 2.25. The maximum Gasteiger partial charge on any atom is 0.320 e. The van der Waals surface area contributed by atoms with E-state index in [9.17, 15) is 69.9 Å². The van der Waals surface area contributed by atoms with Crippen molar-refractivity contribution >= 4 is 29.8 Å². The Hall–Kier alpha value is -3.21. The van der Waals surface area contributed by atoms with Crippen molar-refractivity contribution in [2.45, 2.75) is 80.4 Å². The zero-order valence-corrected chi connectivity index (χ0v) is 29.4. The van der Waals surface area contributed by atoms with E-state index in [1.54, 1.807) is 0 Å². The van der Waals surface area contributed by atoms with Gasteiger partial charge in [-0.3, -0.25) is 38.7 Å². The van der Waals surface area contributed by atoms with Crippen molar-refractivity contribution in [3.05, 3.63) is 0 Å². The Morgan fingerprint density at radius 2 is 1.19 bits per heavy atom. The van der Waals surface area contributed by atoms with Crippen molar-refractivity contribution in [1.82, 2.24) is 20.0 Å². The number of carboxylic acid groups (broad SMARTS) is 5. The predicted octanol–water partition coefficient (Wildman–Crippen LogP) is -7.30. The van der Waals surface area contributed by atoms with Gasteiger partial charge in [0.1, 0.15) is 48.8 Å². The molecule has 24 nitrogen and oxygen atoms in total. The molecule has 0 aromatic rings. The lowest BCUT2D eigenvalue weighted by Gasteiger charge is -2.42. The number of ether oxygens (including phenoxy) is 2. The van der Waals surface area contributed by atoms with Crippen molar-refractivity contribution in [2.24, 2.45) is 0 Å². The highest BCUT2D eigenvalue weighted by molar-refractivity contribution is 5.74. The van der Waals surface area contributed by atoms with E-state index in [-0.39, 0.29) is 58.5 Å². The topological polar surface area (TPSA) is 389 Å². The van der Waals surface area contributed by atoms with Gasteiger partial charge >= 0.3 is 29.8 Å². The van der Waals surface area contributed by atoms with E-state index in [4.69, 9.17) is 29.9 Å². The lowest BCUT2D eigenvalue weighted by atomic mass is 9.98. The van der Waals surface area contributed by atoms with Crippen LogP contribution in [-0.2, 0) is 33.4 Å². The summed E-state index contributed by atoms with van der Waals surface area (Å²) in [5.74, 6) is -6.66. The van der Waals surface area contributed by atoms with Crippen LogP contribution in [0.25, 0.3) is 0 Å². The van der Waals surface area contributed by atoms with Crippen LogP contribution in [0.15, 0.2) is 0 Å². The zero-order valence-electron chi connectivity index (χ0n) is 29.4. The van der Waals surface area contributed by atoms with Crippen molar-refractivity contribution in [3.8, 4) is 0 Å². The summed E-state index contributed by atoms with van der Waals surface area (Å²) in [6.45, 7) is -5.46. The molecular formula is C30H54N4O20. The predicted molar refractivity (Wildman–Crippen MR) is 177 cm³/mol. The van der Waals surface area contributed by atoms with E-state index in [0.717, 1.165) is 9.80 Å². The first-order valence-electron chi connectivity index (χ1n) is 16.9. The zero-order chi connectivity index (χ0) is 41.1. The summed E-state index contributed by atoms with van der Waals surface area (Å²) >= 11 is 0. The molecule has 1 aliphatic heterocycles. The van der Waals surface area contributed by atoms with Gasteiger partial charge in [0.25, 0.3) is 0 Å². The van der Waals surface area contributed by atoms with Crippen LogP contribution in [0.1, 0.15) is 19.3 Å². The summed E-state index contributed by atoms with van der Waals surface area (Å²) in [5.41, 5.74) is 0. The summed E-state index contributed by atoms with van der Waals surface area (Å²) in [6, 6.07) is -1.26. The molecular weight excluding hydrogens is 736 g/mol. The van der Waals surface area contributed by atoms with Gasteiger partial charge in [-0.1, -0.05) is 6.42 Å². The molecule has 0 aliphatic carbocycles. The number of unbranched alkanes of at least 4 members (excludes halogenated alkanes) is 1. The smallest absolute Gasteiger partial charge is 0.320 e. The number of nitrogens with zero attached hydrogens (tertiary/aromatic N) is 3. The molecule has 0 bridgehead atoms. The van der Waals surface area contributed by atoms with Gasteiger partial charge in [-0.15, -0.1) is 0 Å². The number of hydrogen-bond acceptors (Lipinski definition) is 19. The first kappa shape index (κ1) is 48.8. The largest absolute Gasteiger partial charge is 0.480 e. The van der Waals surface area contributed by atoms with Gasteiger partial charge in [-0.05, 0) is 19.4 Å². The van der Waals surface area contributed by atoms with Crippen molar-refractivity contribution in [1.29, 1.82) is 0 Å². The highest BCUT2D eigenvalue weighted by Gasteiger charge is 2.46. The van der Waals surface area contributed by atoms with E-state index in [1.807, 2.05) is 0 Å². The molecule has 0 amide bonds. The fourth-order valence-electron chi connectivity index (χ4n) is 5.63. The fourth-order valence-corrected chi connectivity index (χ4v) is 5.63. The van der Waals surface area contributed by atoms with Gasteiger partial charge in [0.05, 0.1) is 45.5 Å². The van der Waals surface area contributed by atoms with Crippen molar-refractivity contribution in [3.63, 3.8) is 0 Å². The van der Waals surface area contributed by atoms with E-state index in [2.05, 4.69) is 5.32 Å². The van der Waals surface area contributed by atoms with Gasteiger partial charge in [-0.25, -0.2) is 0 Å². The third-order valence-corrected chi connectivity index (χ3v) is 8.44. The highest BCUT2D eigenvalue weighted by atomic mass is 16.7. The molecule has 1 rings (SSSR count). The summed E-state index contributed by atoms with van der Waals surface area (Å²) in [4.78, 5) is 60.8. The lowest BCUT2D eigenvalue weighted by molar-refractivity contribution is -0.327. The Morgan fingerprint density at radius 1 is 0.685 bits per heavy atom. The van der Waals surface area contributed by atoms with Gasteiger partial charge in [0.15, 0.2) is 6.29 Å². The van der Waals surface area contributed by atoms with Crippen LogP contribution in [0.3, 0.4) is 0 Å². The average Bonchev–Trinajstić information content (AvgIpc) is 3.08. The fraction of sp³-hybridized carbons (Fsp3) is 0.833. The Bertz CT molecular complexity index is 1100. The maximum atomic E-state index is 12.4. The monoisotopic (exact) mass is 790 g/mol. The number of aliphatic hydroxyl groups is 8. The number of nitrogens with one attached hydrogen (secondary N) is 1. The molecule has 314 valence electrons. The van der Waals surface area contributed by atoms with Crippen LogP contribution in [0.5, 0.6) is 0 Å². The Labute approximate surface area is 309 Å². The summed E-state index contributed by atoms with van der Waals surface area (Å²) < 4.78 is 10.6. The Kier molecular flexibility index (Phi) is 22.6. The molecule has 1 fully saturated rings. The minimum atomic E-state index is -1.93. The molecule has 1 heterocycles. The van der Waals surface area contributed by atoms with Crippen LogP contribution in [0.4, 0.5) is 0 Å². The molecule has 24 heteroatoms. The molecule has 1 aliphatic rings. The van der Waals surface area contributed by atoms with E-state index in [1.165, 1.54) is 4.90 Å². The molecule has 5 unspecified atom stereocenters. The molecule has 0 aromatic heterocycles. The third kappa shape index (κ3) is 17.5. The van der Waals surface area contributed by atoms with Crippen LogP contribution in [-0.4, -0.2) is 251 Å². The Balaban J connectivity index is 2.90. The molecule has 14 N–H and O–H groups in total. The molecule has 1 saturated heterocycles. The first-order valence-corrected chi connectivity index (χ1v) is 16.9. The minimum Gasteiger partial charge on any atom is -0.480 e. The molecule has 10 atom stereocenters. The number of aliphatic carboxylic acids is 5. The number of rotatable bonds is 30. The van der Waals surface area contributed by atoms with Crippen LogP contribution < -0.4 is 5.32 Å². The van der Waals surface area contributed by atoms with E-state index < -0.39 is 130 Å². The lowest BCUT2D eigenvalue weighted by Crippen LogP contribution is -2.61. The second kappa shape index (κ2) is 25.0. The first-order chi connectivity index (χ1) is 25.3. The molecule has 54 heavy (non-hydrogen) atoms. The van der Waals surface area contributed by atoms with Gasteiger partial charge in [0.2, 0.25) is 0 Å². The van der Waals surface area contributed by atoms with Gasteiger partial charge < -0.3 is 81.2 Å². The van der Waals surface area contributed by atoms with Crippen molar-refractivity contribution < 1.29 is 99.8 Å². The van der Waals surface area contributed by atoms with Gasteiger partial charge in [-0.2, -0.15) is 0 Å². The molecule has 0 spiro atoms. The summed E-state index contributed by atoms with van der Waals surface area (Å²) in [6.07, 6.45) is -15.5. The third-order valence-electron chi connectivity index (χ3n) is 8.44. The summed E-state index contributed by atoms with van der Waals surface area (Å²) in [5, 5.41) is 130. The van der Waals surface area contributed by atoms with Gasteiger partial charge in [0, 0.05) is 32.7 Å². The average molecular weight is 791 g/mol. The molecule has 0 radical (unpaired) electrons. The normalized spacial score (nSPS) is 23.2. The van der Waals surface area contributed by atoms with E-state index >= 15 is 0 Å². The summed E-state index contributed by atoms with van der Waals surface area (Å²) in [7, 11) is 0. The standard InChI is InChI=1S/C30H54N4O20/c35-14-18(38)28(54-30-27(50)26(49)25(48)19(15-36)53-30)24(47)17(37)9-31-4-2-1-3-16(29(51)52)34(7-5-32(10-20(39)40)11-21(41)42)8-6-33(12-22(43)44)13-23(45)46/h16-19,24-28,30-31,35-38,47-50H,1-15H2,(H,39,40)(H,41,42)(H,43,44)(H,45,46)(H,51,52)/t16?,17?,18?,19-,24?,25+,26+,27-,28?,30+/m1/s1. The second-order valence-corrected chi connectivity index (χ2v) is 12.7. The number of carboxylic acids is 5. The quantitative estimate of drug-likeness (QED) is 0.0300. The molecule has 0 saturated carbocycles. The number of aliphatic hydroxyl groups excluding tert-OH is 8. The SMILES string of the molecule is O=C(O)CN(CCN(CCN(CC(=O)O)CC(=O)O)C(CCCCNCC(O)C(O)C(O[C@@H]1O[C@H](CO)[C@H](O)[C@H](O)[C@H]1O)C(O)CO)C(=O)O)CC(=O)O. The van der Waals surface area contributed by atoms with E-state index in [0.29, 0.717) is 0 Å². The van der Waals surface area contributed by atoms with Crippen LogP contribution in [0.2, 0.25) is 0 Å². The molecule has 0 aromatic carbocycles. The number of hydrogen-bond donors (Lipinski definition) is 14. The Morgan fingerprint density at radius 3 is 1.61 bits per heavy atom. The number of carbonyl (C=O) groups is 5. The minimum absolute atomic E-state index is 0.0321. The maximum absolute atomic E-state index is 12.4. The van der Waals surface area contributed by atoms with Crippen LogP contribution in [0, 0.1) is 0 Å². The van der Waals surface area contributed by atoms with Crippen molar-refractivity contribution in [2.75, 3.05) is 78.7 Å². The second-order valence-electron chi connectivity index (χ2n) is 12.7. The van der Waals surface area contributed by atoms with Crippen LogP contribution >= 0.6 is 0 Å².